The van der Waals surface area contributed by atoms with Gasteiger partial charge in [-0.25, -0.2) is 0 Å². The molecular formula is C13H20N2. The van der Waals surface area contributed by atoms with Crippen LogP contribution in [0.4, 0.5) is 0 Å². The molecule has 2 nitrogen and oxygen atoms in total. The SMILES string of the molecule is CCc1ccccc1CN1CCC(N)C1. The van der Waals surface area contributed by atoms with Crippen LogP contribution in [0, 0.1) is 0 Å². The van der Waals surface area contributed by atoms with Gasteiger partial charge < -0.3 is 5.73 Å². The number of rotatable bonds is 3. The minimum absolute atomic E-state index is 0.388. The zero-order chi connectivity index (χ0) is 10.7. The molecule has 0 spiro atoms. The highest BCUT2D eigenvalue weighted by Gasteiger charge is 2.19. The third-order valence-electron chi connectivity index (χ3n) is 3.20. The molecule has 2 N–H and O–H groups in total. The summed E-state index contributed by atoms with van der Waals surface area (Å²) in [6.45, 7) is 5.49. The maximum atomic E-state index is 5.91. The summed E-state index contributed by atoms with van der Waals surface area (Å²) in [5, 5.41) is 0. The molecule has 1 saturated heterocycles. The largest absolute Gasteiger partial charge is 0.326 e. The summed E-state index contributed by atoms with van der Waals surface area (Å²) in [5.41, 5.74) is 8.84. The molecule has 2 heteroatoms. The maximum Gasteiger partial charge on any atom is 0.0237 e. The fourth-order valence-electron chi connectivity index (χ4n) is 2.30. The van der Waals surface area contributed by atoms with Crippen LogP contribution >= 0.6 is 0 Å². The van der Waals surface area contributed by atoms with Crippen molar-refractivity contribution in [1.82, 2.24) is 4.90 Å². The molecule has 0 aliphatic carbocycles. The summed E-state index contributed by atoms with van der Waals surface area (Å²) in [6.07, 6.45) is 2.27. The molecule has 0 bridgehead atoms. The molecule has 1 atom stereocenters. The van der Waals surface area contributed by atoms with Gasteiger partial charge in [-0.3, -0.25) is 4.90 Å². The van der Waals surface area contributed by atoms with Crippen LogP contribution in [0.15, 0.2) is 24.3 Å². The molecule has 1 aliphatic rings. The van der Waals surface area contributed by atoms with Gasteiger partial charge in [-0.2, -0.15) is 0 Å². The van der Waals surface area contributed by atoms with Crippen LogP contribution in [-0.2, 0) is 13.0 Å². The van der Waals surface area contributed by atoms with E-state index in [4.69, 9.17) is 5.73 Å². The average molecular weight is 204 g/mol. The Morgan fingerprint density at radius 1 is 1.33 bits per heavy atom. The first kappa shape index (κ1) is 10.7. The molecule has 15 heavy (non-hydrogen) atoms. The average Bonchev–Trinajstić information content (AvgIpc) is 2.65. The lowest BCUT2D eigenvalue weighted by Gasteiger charge is -2.17. The van der Waals surface area contributed by atoms with Crippen LogP contribution in [0.2, 0.25) is 0 Å². The first-order chi connectivity index (χ1) is 7.29. The molecule has 0 aromatic heterocycles. The lowest BCUT2D eigenvalue weighted by molar-refractivity contribution is 0.326. The highest BCUT2D eigenvalue weighted by molar-refractivity contribution is 5.27. The van der Waals surface area contributed by atoms with E-state index in [1.54, 1.807) is 0 Å². The zero-order valence-electron chi connectivity index (χ0n) is 9.45. The van der Waals surface area contributed by atoms with Crippen molar-refractivity contribution in [2.24, 2.45) is 5.73 Å². The van der Waals surface area contributed by atoms with E-state index in [2.05, 4.69) is 36.1 Å². The Morgan fingerprint density at radius 3 is 2.67 bits per heavy atom. The fourth-order valence-corrected chi connectivity index (χ4v) is 2.30. The van der Waals surface area contributed by atoms with Crippen molar-refractivity contribution in [1.29, 1.82) is 0 Å². The predicted octanol–water partition coefficient (Wildman–Crippen LogP) is 1.78. The van der Waals surface area contributed by atoms with Gasteiger partial charge in [0.2, 0.25) is 0 Å². The highest BCUT2D eigenvalue weighted by Crippen LogP contribution is 2.15. The van der Waals surface area contributed by atoms with E-state index >= 15 is 0 Å². The van der Waals surface area contributed by atoms with Gasteiger partial charge in [0, 0.05) is 25.7 Å². The predicted molar refractivity (Wildman–Crippen MR) is 63.7 cm³/mol. The standard InChI is InChI=1S/C13H20N2/c1-2-11-5-3-4-6-12(11)9-15-8-7-13(14)10-15/h3-6,13H,2,7-10,14H2,1H3. The van der Waals surface area contributed by atoms with Gasteiger partial charge in [0.1, 0.15) is 0 Å². The molecule has 82 valence electrons. The van der Waals surface area contributed by atoms with Crippen LogP contribution in [0.3, 0.4) is 0 Å². The fraction of sp³-hybridized carbons (Fsp3) is 0.538. The molecule has 0 amide bonds. The highest BCUT2D eigenvalue weighted by atomic mass is 15.2. The third kappa shape index (κ3) is 2.58. The summed E-state index contributed by atoms with van der Waals surface area (Å²) >= 11 is 0. The van der Waals surface area contributed by atoms with Gasteiger partial charge in [-0.05, 0) is 24.0 Å². The van der Waals surface area contributed by atoms with Gasteiger partial charge in [-0.1, -0.05) is 31.2 Å². The van der Waals surface area contributed by atoms with Gasteiger partial charge in [0.05, 0.1) is 0 Å². The minimum Gasteiger partial charge on any atom is -0.326 e. The number of hydrogen-bond acceptors (Lipinski definition) is 2. The van der Waals surface area contributed by atoms with E-state index in [1.165, 1.54) is 11.1 Å². The molecule has 0 radical (unpaired) electrons. The van der Waals surface area contributed by atoms with Crippen molar-refractivity contribution in [2.75, 3.05) is 13.1 Å². The monoisotopic (exact) mass is 204 g/mol. The van der Waals surface area contributed by atoms with E-state index < -0.39 is 0 Å². The van der Waals surface area contributed by atoms with Crippen molar-refractivity contribution < 1.29 is 0 Å². The van der Waals surface area contributed by atoms with Crippen LogP contribution in [-0.4, -0.2) is 24.0 Å². The third-order valence-corrected chi connectivity index (χ3v) is 3.20. The Hall–Kier alpha value is -0.860. The van der Waals surface area contributed by atoms with Crippen molar-refractivity contribution >= 4 is 0 Å². The molecule has 0 saturated carbocycles. The van der Waals surface area contributed by atoms with E-state index in [0.717, 1.165) is 32.5 Å². The van der Waals surface area contributed by atoms with E-state index in [9.17, 15) is 0 Å². The second-order valence-electron chi connectivity index (χ2n) is 4.41. The summed E-state index contributed by atoms with van der Waals surface area (Å²) in [7, 11) is 0. The Kier molecular flexibility index (Phi) is 3.39. The number of nitrogens with two attached hydrogens (primary N) is 1. The van der Waals surface area contributed by atoms with Crippen molar-refractivity contribution in [2.45, 2.75) is 32.4 Å². The van der Waals surface area contributed by atoms with E-state index in [-0.39, 0.29) is 0 Å². The molecule has 1 aromatic rings. The lowest BCUT2D eigenvalue weighted by atomic mass is 10.1. The zero-order valence-corrected chi connectivity index (χ0v) is 9.45. The van der Waals surface area contributed by atoms with Gasteiger partial charge in [0.15, 0.2) is 0 Å². The van der Waals surface area contributed by atoms with Crippen LogP contribution < -0.4 is 5.73 Å². The molecular weight excluding hydrogens is 184 g/mol. The topological polar surface area (TPSA) is 29.3 Å². The molecule has 1 fully saturated rings. The Bertz CT molecular complexity index is 322. The van der Waals surface area contributed by atoms with Crippen molar-refractivity contribution in [3.8, 4) is 0 Å². The maximum absolute atomic E-state index is 5.91. The first-order valence-electron chi connectivity index (χ1n) is 5.84. The Labute approximate surface area is 92.1 Å². The van der Waals surface area contributed by atoms with Gasteiger partial charge >= 0.3 is 0 Å². The summed E-state index contributed by atoms with van der Waals surface area (Å²) in [6, 6.07) is 9.11. The normalized spacial score (nSPS) is 22.1. The molecule has 1 heterocycles. The molecule has 1 aliphatic heterocycles. The van der Waals surface area contributed by atoms with Gasteiger partial charge in [0.25, 0.3) is 0 Å². The number of hydrogen-bond donors (Lipinski definition) is 1. The summed E-state index contributed by atoms with van der Waals surface area (Å²) in [5.74, 6) is 0. The van der Waals surface area contributed by atoms with Crippen LogP contribution in [0.1, 0.15) is 24.5 Å². The smallest absolute Gasteiger partial charge is 0.0237 e. The molecule has 2 rings (SSSR count). The first-order valence-corrected chi connectivity index (χ1v) is 5.84. The second-order valence-corrected chi connectivity index (χ2v) is 4.41. The number of aryl methyl sites for hydroxylation is 1. The summed E-state index contributed by atoms with van der Waals surface area (Å²) in [4.78, 5) is 2.46. The number of benzene rings is 1. The minimum atomic E-state index is 0.388. The Balaban J connectivity index is 2.04. The lowest BCUT2D eigenvalue weighted by Crippen LogP contribution is -2.26. The number of likely N-dealkylation sites (tertiary alicyclic amines) is 1. The molecule has 1 unspecified atom stereocenters. The summed E-state index contributed by atoms with van der Waals surface area (Å²) < 4.78 is 0. The van der Waals surface area contributed by atoms with Gasteiger partial charge in [-0.15, -0.1) is 0 Å². The Morgan fingerprint density at radius 2 is 2.07 bits per heavy atom. The quantitative estimate of drug-likeness (QED) is 0.813. The van der Waals surface area contributed by atoms with E-state index in [1.807, 2.05) is 0 Å². The van der Waals surface area contributed by atoms with Crippen molar-refractivity contribution in [3.05, 3.63) is 35.4 Å². The van der Waals surface area contributed by atoms with Crippen LogP contribution in [0.25, 0.3) is 0 Å². The van der Waals surface area contributed by atoms with Crippen LogP contribution in [0.5, 0.6) is 0 Å². The number of nitrogens with zero attached hydrogens (tertiary/aromatic N) is 1. The second kappa shape index (κ2) is 4.77. The van der Waals surface area contributed by atoms with Crippen molar-refractivity contribution in [3.63, 3.8) is 0 Å². The molecule has 1 aromatic carbocycles. The van der Waals surface area contributed by atoms with E-state index in [0.29, 0.717) is 6.04 Å².